The topological polar surface area (TPSA) is 89.9 Å². The summed E-state index contributed by atoms with van der Waals surface area (Å²) in [6, 6.07) is 8.30. The largest absolute Gasteiger partial charge is 0.419 e. The summed E-state index contributed by atoms with van der Waals surface area (Å²) in [7, 11) is 2.04. The van der Waals surface area contributed by atoms with Crippen molar-refractivity contribution in [3.63, 3.8) is 0 Å². The summed E-state index contributed by atoms with van der Waals surface area (Å²) >= 11 is 0. The molecule has 0 radical (unpaired) electrons. The van der Waals surface area contributed by atoms with E-state index in [9.17, 15) is 4.79 Å². The van der Waals surface area contributed by atoms with Crippen molar-refractivity contribution < 1.29 is 9.21 Å². The standard InChI is InChI=1S/C23H24N6O2/c1-15-11-25-19(12-24-15)23-27-26-22(31-23)17-9-10-29(14-17)21(30)8-7-16-13-28(2)20-6-4-3-5-18(16)20/h3-6,11-13,17H,7-10,14H2,1-2H3/t17-/m1/s1. The lowest BCUT2D eigenvalue weighted by Crippen LogP contribution is -2.28. The monoisotopic (exact) mass is 416 g/mol. The first-order valence-electron chi connectivity index (χ1n) is 10.5. The van der Waals surface area contributed by atoms with Gasteiger partial charge in [-0.3, -0.25) is 9.78 Å². The Morgan fingerprint density at radius 3 is 2.90 bits per heavy atom. The van der Waals surface area contributed by atoms with Crippen molar-refractivity contribution in [2.45, 2.75) is 32.1 Å². The number of likely N-dealkylation sites (tertiary alicyclic amines) is 1. The molecule has 0 N–H and O–H groups in total. The highest BCUT2D eigenvalue weighted by atomic mass is 16.4. The molecule has 0 saturated carbocycles. The Labute approximate surface area is 179 Å². The van der Waals surface area contributed by atoms with Crippen LogP contribution in [0.2, 0.25) is 0 Å². The van der Waals surface area contributed by atoms with Gasteiger partial charge < -0.3 is 13.9 Å². The summed E-state index contributed by atoms with van der Waals surface area (Å²) in [6.45, 7) is 3.19. The number of nitrogens with zero attached hydrogens (tertiary/aromatic N) is 6. The molecule has 8 nitrogen and oxygen atoms in total. The van der Waals surface area contributed by atoms with Gasteiger partial charge in [0.2, 0.25) is 11.8 Å². The van der Waals surface area contributed by atoms with E-state index in [1.54, 1.807) is 12.4 Å². The van der Waals surface area contributed by atoms with Crippen LogP contribution in [0.4, 0.5) is 0 Å². The fourth-order valence-corrected chi connectivity index (χ4v) is 4.22. The maximum absolute atomic E-state index is 12.8. The van der Waals surface area contributed by atoms with Gasteiger partial charge in [0, 0.05) is 49.9 Å². The van der Waals surface area contributed by atoms with Gasteiger partial charge >= 0.3 is 0 Å². The molecule has 4 aromatic rings. The summed E-state index contributed by atoms with van der Waals surface area (Å²) < 4.78 is 7.95. The Hall–Kier alpha value is -3.55. The lowest BCUT2D eigenvalue weighted by Gasteiger charge is -2.15. The number of aryl methyl sites for hydroxylation is 3. The molecule has 1 saturated heterocycles. The number of carbonyl (C=O) groups is 1. The van der Waals surface area contributed by atoms with Crippen LogP contribution < -0.4 is 0 Å². The van der Waals surface area contributed by atoms with Crippen molar-refractivity contribution in [3.05, 3.63) is 60.0 Å². The molecule has 1 aromatic carbocycles. The minimum atomic E-state index is 0.0566. The first-order chi connectivity index (χ1) is 15.1. The van der Waals surface area contributed by atoms with E-state index < -0.39 is 0 Å². The van der Waals surface area contributed by atoms with E-state index in [2.05, 4.69) is 43.1 Å². The normalized spacial score (nSPS) is 16.3. The Morgan fingerprint density at radius 2 is 2.06 bits per heavy atom. The van der Waals surface area contributed by atoms with Gasteiger partial charge in [0.25, 0.3) is 5.89 Å². The zero-order valence-corrected chi connectivity index (χ0v) is 17.7. The average Bonchev–Trinajstić information content (AvgIpc) is 3.52. The molecule has 1 aliphatic heterocycles. The van der Waals surface area contributed by atoms with Gasteiger partial charge in [-0.25, -0.2) is 4.98 Å². The summed E-state index contributed by atoms with van der Waals surface area (Å²) in [5, 5.41) is 9.53. The van der Waals surface area contributed by atoms with Crippen LogP contribution in [0.5, 0.6) is 0 Å². The second kappa shape index (κ2) is 7.94. The second-order valence-electron chi connectivity index (χ2n) is 8.10. The van der Waals surface area contributed by atoms with Gasteiger partial charge in [-0.2, -0.15) is 0 Å². The maximum Gasteiger partial charge on any atom is 0.267 e. The summed E-state index contributed by atoms with van der Waals surface area (Å²) in [5.41, 5.74) is 3.79. The first-order valence-corrected chi connectivity index (χ1v) is 10.5. The Morgan fingerprint density at radius 1 is 1.19 bits per heavy atom. The summed E-state index contributed by atoms with van der Waals surface area (Å²) in [4.78, 5) is 23.2. The zero-order chi connectivity index (χ0) is 21.4. The molecule has 1 amide bonds. The molecule has 5 rings (SSSR count). The lowest BCUT2D eigenvalue weighted by atomic mass is 10.1. The molecule has 3 aromatic heterocycles. The number of benzene rings is 1. The molecule has 0 aliphatic carbocycles. The lowest BCUT2D eigenvalue weighted by molar-refractivity contribution is -0.130. The zero-order valence-electron chi connectivity index (χ0n) is 17.7. The molecule has 1 aliphatic rings. The van der Waals surface area contributed by atoms with Crippen molar-refractivity contribution in [1.29, 1.82) is 0 Å². The van der Waals surface area contributed by atoms with Gasteiger partial charge in [-0.15, -0.1) is 10.2 Å². The van der Waals surface area contributed by atoms with Crippen molar-refractivity contribution in [2.75, 3.05) is 13.1 Å². The average molecular weight is 416 g/mol. The molecule has 0 spiro atoms. The summed E-state index contributed by atoms with van der Waals surface area (Å²) in [6.07, 6.45) is 7.47. The van der Waals surface area contributed by atoms with Crippen LogP contribution in [0.15, 0.2) is 47.3 Å². The van der Waals surface area contributed by atoms with Gasteiger partial charge in [-0.05, 0) is 31.4 Å². The van der Waals surface area contributed by atoms with E-state index in [1.165, 1.54) is 16.5 Å². The van der Waals surface area contributed by atoms with E-state index >= 15 is 0 Å². The molecule has 158 valence electrons. The molecule has 31 heavy (non-hydrogen) atoms. The molecule has 0 bridgehead atoms. The van der Waals surface area contributed by atoms with Gasteiger partial charge in [-0.1, -0.05) is 18.2 Å². The van der Waals surface area contributed by atoms with Crippen molar-refractivity contribution in [2.24, 2.45) is 7.05 Å². The number of hydrogen-bond acceptors (Lipinski definition) is 6. The highest BCUT2D eigenvalue weighted by molar-refractivity contribution is 5.85. The van der Waals surface area contributed by atoms with Crippen LogP contribution >= 0.6 is 0 Å². The fourth-order valence-electron chi connectivity index (χ4n) is 4.22. The van der Waals surface area contributed by atoms with Crippen LogP contribution in [-0.2, 0) is 18.3 Å². The third-order valence-corrected chi connectivity index (χ3v) is 5.92. The predicted molar refractivity (Wildman–Crippen MR) is 115 cm³/mol. The molecule has 0 unspecified atom stereocenters. The Balaban J connectivity index is 1.21. The van der Waals surface area contributed by atoms with Crippen LogP contribution in [0.1, 0.15) is 35.9 Å². The van der Waals surface area contributed by atoms with Crippen LogP contribution in [0, 0.1) is 6.92 Å². The van der Waals surface area contributed by atoms with Gasteiger partial charge in [0.05, 0.1) is 17.8 Å². The predicted octanol–water partition coefficient (Wildman–Crippen LogP) is 3.28. The highest BCUT2D eigenvalue weighted by Crippen LogP contribution is 2.29. The number of hydrogen-bond donors (Lipinski definition) is 0. The number of rotatable bonds is 5. The van der Waals surface area contributed by atoms with Gasteiger partial charge in [0.1, 0.15) is 5.69 Å². The van der Waals surface area contributed by atoms with E-state index in [0.717, 1.165) is 18.5 Å². The third-order valence-electron chi connectivity index (χ3n) is 5.92. The number of aromatic nitrogens is 5. The van der Waals surface area contributed by atoms with Crippen LogP contribution in [-0.4, -0.2) is 48.6 Å². The molecule has 1 fully saturated rings. The molecule has 1 atom stereocenters. The molecule has 8 heteroatoms. The van der Waals surface area contributed by atoms with Gasteiger partial charge in [0.15, 0.2) is 0 Å². The van der Waals surface area contributed by atoms with E-state index in [1.807, 2.05) is 31.0 Å². The second-order valence-corrected chi connectivity index (χ2v) is 8.10. The SMILES string of the molecule is Cc1cnc(-c2nnc([C@@H]3CCN(C(=O)CCc4cn(C)c5ccccc45)C3)o2)cn1. The van der Waals surface area contributed by atoms with Crippen molar-refractivity contribution in [1.82, 2.24) is 29.6 Å². The molecule has 4 heterocycles. The minimum absolute atomic E-state index is 0.0566. The summed E-state index contributed by atoms with van der Waals surface area (Å²) in [5.74, 6) is 1.14. The Kier molecular flexibility index (Phi) is 4.97. The van der Waals surface area contributed by atoms with Crippen LogP contribution in [0.3, 0.4) is 0 Å². The fraction of sp³-hybridized carbons (Fsp3) is 0.348. The number of amides is 1. The highest BCUT2D eigenvalue weighted by Gasteiger charge is 2.31. The Bertz CT molecular complexity index is 1230. The third kappa shape index (κ3) is 3.81. The number of carbonyl (C=O) groups excluding carboxylic acids is 1. The first kappa shape index (κ1) is 19.4. The van der Waals surface area contributed by atoms with Crippen LogP contribution in [0.25, 0.3) is 22.5 Å². The van der Waals surface area contributed by atoms with E-state index in [0.29, 0.717) is 37.0 Å². The molecular formula is C23H24N6O2. The van der Waals surface area contributed by atoms with E-state index in [-0.39, 0.29) is 11.8 Å². The molecular weight excluding hydrogens is 392 g/mol. The smallest absolute Gasteiger partial charge is 0.267 e. The number of para-hydroxylation sites is 1. The van der Waals surface area contributed by atoms with E-state index in [4.69, 9.17) is 4.42 Å². The quantitative estimate of drug-likeness (QED) is 0.496. The number of fused-ring (bicyclic) bond motifs is 1. The maximum atomic E-state index is 12.8. The van der Waals surface area contributed by atoms with Crippen molar-refractivity contribution in [3.8, 4) is 11.6 Å². The van der Waals surface area contributed by atoms with Crippen molar-refractivity contribution >= 4 is 16.8 Å². The minimum Gasteiger partial charge on any atom is -0.419 e.